The third kappa shape index (κ3) is 4.39. The van der Waals surface area contributed by atoms with E-state index in [0.29, 0.717) is 50.4 Å². The minimum atomic E-state index is -0.257. The number of nitrogens with one attached hydrogen (secondary N) is 2. The number of aliphatic hydroxyl groups excluding tert-OH is 1. The van der Waals surface area contributed by atoms with Gasteiger partial charge < -0.3 is 20.6 Å². The summed E-state index contributed by atoms with van der Waals surface area (Å²) in [5.41, 5.74) is 0.834. The van der Waals surface area contributed by atoms with Gasteiger partial charge in [-0.15, -0.1) is 0 Å². The summed E-state index contributed by atoms with van der Waals surface area (Å²) >= 11 is 0. The van der Waals surface area contributed by atoms with Crippen LogP contribution in [0, 0.1) is 11.3 Å². The van der Waals surface area contributed by atoms with Crippen LogP contribution in [0.4, 0.5) is 0 Å². The normalized spacial score (nSPS) is 29.3. The largest absolute Gasteiger partial charge is 0.393 e. The zero-order valence-corrected chi connectivity index (χ0v) is 19.2. The fraction of sp³-hybridized carbons (Fsp3) is 0.750. The summed E-state index contributed by atoms with van der Waals surface area (Å²) < 4.78 is 1.62. The molecule has 3 amide bonds. The fourth-order valence-corrected chi connectivity index (χ4v) is 6.31. The first-order valence-corrected chi connectivity index (χ1v) is 12.6. The Morgan fingerprint density at radius 3 is 2.55 bits per heavy atom. The second-order valence-electron chi connectivity index (χ2n) is 10.4. The highest BCUT2D eigenvalue weighted by atomic mass is 16.3. The number of aliphatic hydroxyl groups is 1. The lowest BCUT2D eigenvalue weighted by atomic mass is 9.64. The zero-order chi connectivity index (χ0) is 23.0. The minimum Gasteiger partial charge on any atom is -0.393 e. The summed E-state index contributed by atoms with van der Waals surface area (Å²) in [7, 11) is 0. The molecule has 0 aromatic carbocycles. The molecule has 1 aromatic heterocycles. The predicted molar refractivity (Wildman–Crippen MR) is 120 cm³/mol. The summed E-state index contributed by atoms with van der Waals surface area (Å²) in [5.74, 6) is -0.137. The maximum atomic E-state index is 13.1. The average Bonchev–Trinajstić information content (AvgIpc) is 3.27. The van der Waals surface area contributed by atoms with Crippen molar-refractivity contribution in [1.82, 2.24) is 25.3 Å². The second kappa shape index (κ2) is 9.08. The molecule has 3 heterocycles. The Hall–Kier alpha value is -2.42. The number of carbonyl (C=O) groups is 3. The Labute approximate surface area is 194 Å². The lowest BCUT2D eigenvalue weighted by molar-refractivity contribution is -0.129. The van der Waals surface area contributed by atoms with E-state index in [0.717, 1.165) is 44.9 Å². The van der Waals surface area contributed by atoms with E-state index in [1.54, 1.807) is 10.7 Å². The molecule has 4 aliphatic rings. The monoisotopic (exact) mass is 457 g/mol. The quantitative estimate of drug-likeness (QED) is 0.635. The fourth-order valence-electron chi connectivity index (χ4n) is 6.31. The van der Waals surface area contributed by atoms with E-state index >= 15 is 0 Å². The van der Waals surface area contributed by atoms with Gasteiger partial charge in [0.05, 0.1) is 12.6 Å². The van der Waals surface area contributed by atoms with Gasteiger partial charge in [-0.2, -0.15) is 5.10 Å². The number of piperidine rings is 1. The Morgan fingerprint density at radius 1 is 1.06 bits per heavy atom. The van der Waals surface area contributed by atoms with Crippen LogP contribution >= 0.6 is 0 Å². The summed E-state index contributed by atoms with van der Waals surface area (Å²) in [5, 5.41) is 20.3. The van der Waals surface area contributed by atoms with Crippen LogP contribution in [-0.2, 0) is 11.3 Å². The van der Waals surface area contributed by atoms with Crippen LogP contribution in [-0.4, -0.2) is 69.3 Å². The van der Waals surface area contributed by atoms with Crippen molar-refractivity contribution in [1.29, 1.82) is 0 Å². The zero-order valence-electron chi connectivity index (χ0n) is 19.2. The molecule has 3 fully saturated rings. The summed E-state index contributed by atoms with van der Waals surface area (Å²) in [4.78, 5) is 40.0. The molecule has 1 spiro atoms. The van der Waals surface area contributed by atoms with Crippen molar-refractivity contribution in [2.75, 3.05) is 19.6 Å². The molecule has 1 atom stereocenters. The van der Waals surface area contributed by atoms with Crippen LogP contribution in [0.1, 0.15) is 85.2 Å². The van der Waals surface area contributed by atoms with Gasteiger partial charge in [0.1, 0.15) is 5.69 Å². The first-order chi connectivity index (χ1) is 15.9. The van der Waals surface area contributed by atoms with Crippen LogP contribution in [0.25, 0.3) is 0 Å². The number of hydrogen-bond donors (Lipinski definition) is 3. The van der Waals surface area contributed by atoms with Crippen LogP contribution in [0.15, 0.2) is 6.07 Å². The topological polar surface area (TPSA) is 117 Å². The standard InChI is InChI=1S/C24H35N5O4/c30-17-6-4-16(5-7-17)21(31)26-20-3-1-2-8-24(20)9-12-28(13-10-24)23(33)18-15-19-22(32)25-11-14-29(19)27-18/h15-17,20,30H,1-14H2,(H,25,32)(H,26,31). The predicted octanol–water partition coefficient (Wildman–Crippen LogP) is 1.46. The van der Waals surface area contributed by atoms with Gasteiger partial charge in [-0.1, -0.05) is 12.8 Å². The molecule has 1 saturated heterocycles. The van der Waals surface area contributed by atoms with Crippen molar-refractivity contribution in [2.45, 2.75) is 82.9 Å². The number of nitrogens with zero attached hydrogens (tertiary/aromatic N) is 3. The highest BCUT2D eigenvalue weighted by Gasteiger charge is 2.45. The average molecular weight is 458 g/mol. The Morgan fingerprint density at radius 2 is 1.82 bits per heavy atom. The van der Waals surface area contributed by atoms with E-state index in [1.165, 1.54) is 6.42 Å². The van der Waals surface area contributed by atoms with Gasteiger partial charge in [-0.3, -0.25) is 19.1 Å². The lowest BCUT2D eigenvalue weighted by Crippen LogP contribution is -2.56. The smallest absolute Gasteiger partial charge is 0.274 e. The van der Waals surface area contributed by atoms with E-state index in [1.807, 2.05) is 4.90 Å². The number of hydrogen-bond acceptors (Lipinski definition) is 5. The van der Waals surface area contributed by atoms with Crippen LogP contribution < -0.4 is 10.6 Å². The SMILES string of the molecule is O=C1NCCn2nc(C(=O)N3CCC4(CCCCC4NC(=O)C4CCC(O)CC4)CC3)cc21. The molecule has 2 aliphatic heterocycles. The molecule has 1 unspecified atom stereocenters. The van der Waals surface area contributed by atoms with Gasteiger partial charge in [0.15, 0.2) is 5.69 Å². The van der Waals surface area contributed by atoms with Crippen LogP contribution in [0.5, 0.6) is 0 Å². The first-order valence-electron chi connectivity index (χ1n) is 12.6. The maximum Gasteiger partial charge on any atom is 0.274 e. The Balaban J connectivity index is 1.22. The van der Waals surface area contributed by atoms with Gasteiger partial charge in [0, 0.05) is 37.7 Å². The Kier molecular flexibility index (Phi) is 6.16. The van der Waals surface area contributed by atoms with Crippen molar-refractivity contribution in [3.05, 3.63) is 17.5 Å². The van der Waals surface area contributed by atoms with E-state index in [2.05, 4.69) is 15.7 Å². The van der Waals surface area contributed by atoms with Crippen molar-refractivity contribution in [3.8, 4) is 0 Å². The van der Waals surface area contributed by atoms with E-state index in [4.69, 9.17) is 0 Å². The molecule has 0 radical (unpaired) electrons. The maximum absolute atomic E-state index is 13.1. The molecule has 2 aliphatic carbocycles. The highest BCUT2D eigenvalue weighted by Crippen LogP contribution is 2.45. The molecule has 9 heteroatoms. The molecule has 0 bridgehead atoms. The lowest BCUT2D eigenvalue weighted by Gasteiger charge is -2.49. The number of carbonyl (C=O) groups excluding carboxylic acids is 3. The molecule has 5 rings (SSSR count). The molecular weight excluding hydrogens is 422 g/mol. The molecule has 1 aromatic rings. The van der Waals surface area contributed by atoms with Crippen molar-refractivity contribution >= 4 is 17.7 Å². The third-order valence-electron chi connectivity index (χ3n) is 8.43. The van der Waals surface area contributed by atoms with E-state index < -0.39 is 0 Å². The summed E-state index contributed by atoms with van der Waals surface area (Å²) in [6, 6.07) is 1.76. The number of rotatable bonds is 3. The number of aromatic nitrogens is 2. The highest BCUT2D eigenvalue weighted by molar-refractivity contribution is 5.98. The number of fused-ring (bicyclic) bond motifs is 1. The van der Waals surface area contributed by atoms with E-state index in [9.17, 15) is 19.5 Å². The second-order valence-corrected chi connectivity index (χ2v) is 10.4. The Bertz CT molecular complexity index is 912. The number of likely N-dealkylation sites (tertiary alicyclic amines) is 1. The number of amides is 3. The van der Waals surface area contributed by atoms with Gasteiger partial charge in [-0.25, -0.2) is 0 Å². The van der Waals surface area contributed by atoms with Gasteiger partial charge in [0.25, 0.3) is 11.8 Å². The summed E-state index contributed by atoms with van der Waals surface area (Å²) in [6.07, 6.45) is 8.83. The molecule has 180 valence electrons. The van der Waals surface area contributed by atoms with Crippen LogP contribution in [0.2, 0.25) is 0 Å². The van der Waals surface area contributed by atoms with Gasteiger partial charge >= 0.3 is 0 Å². The molecule has 33 heavy (non-hydrogen) atoms. The molecule has 2 saturated carbocycles. The van der Waals surface area contributed by atoms with Crippen molar-refractivity contribution in [3.63, 3.8) is 0 Å². The van der Waals surface area contributed by atoms with Crippen molar-refractivity contribution in [2.24, 2.45) is 11.3 Å². The van der Waals surface area contributed by atoms with Crippen molar-refractivity contribution < 1.29 is 19.5 Å². The first kappa shape index (κ1) is 22.4. The molecule has 3 N–H and O–H groups in total. The summed E-state index contributed by atoms with van der Waals surface area (Å²) in [6.45, 7) is 2.41. The van der Waals surface area contributed by atoms with Gasteiger partial charge in [0.2, 0.25) is 5.91 Å². The van der Waals surface area contributed by atoms with E-state index in [-0.39, 0.29) is 41.2 Å². The minimum absolute atomic E-state index is 0.0122. The third-order valence-corrected chi connectivity index (χ3v) is 8.43. The van der Waals surface area contributed by atoms with Gasteiger partial charge in [-0.05, 0) is 56.8 Å². The molecule has 9 nitrogen and oxygen atoms in total. The van der Waals surface area contributed by atoms with Crippen LogP contribution in [0.3, 0.4) is 0 Å². The molecular formula is C24H35N5O4.